The Kier molecular flexibility index (Phi) is 40.5. The predicted molar refractivity (Wildman–Crippen MR) is 248 cm³/mol. The van der Waals surface area contributed by atoms with Gasteiger partial charge in [-0.1, -0.05) is 172 Å². The number of ether oxygens (including phenoxy) is 3. The van der Waals surface area contributed by atoms with Crippen LogP contribution in [-0.4, -0.2) is 80.6 Å². The molecule has 0 radical (unpaired) electrons. The smallest absolute Gasteiger partial charge is 0.362 e. The Balaban J connectivity index is 4.32. The van der Waals surface area contributed by atoms with Gasteiger partial charge in [0.25, 0.3) is 0 Å². The minimum atomic E-state index is -0.877. The van der Waals surface area contributed by atoms with Crippen molar-refractivity contribution in [3.05, 3.63) is 36.5 Å². The van der Waals surface area contributed by atoms with Crippen LogP contribution in [-0.2, 0) is 28.6 Å². The lowest BCUT2D eigenvalue weighted by atomic mass is 10.1. The first-order chi connectivity index (χ1) is 28.6. The minimum absolute atomic E-state index is 0.0548. The van der Waals surface area contributed by atoms with Gasteiger partial charge in [0.15, 0.2) is 12.1 Å². The summed E-state index contributed by atoms with van der Waals surface area (Å²) in [5, 5.41) is 9.64. The number of carboxylic acids is 1. The highest BCUT2D eigenvalue weighted by molar-refractivity contribution is 5.72. The molecule has 0 amide bonds. The molecule has 0 heterocycles. The van der Waals surface area contributed by atoms with Crippen molar-refractivity contribution in [1.29, 1.82) is 0 Å². The quantitative estimate of drug-likeness (QED) is 0.0215. The summed E-state index contributed by atoms with van der Waals surface area (Å²) < 4.78 is 17.3. The first-order valence-corrected chi connectivity index (χ1v) is 24.5. The lowest BCUT2D eigenvalue weighted by Gasteiger charge is -2.31. The third-order valence-electron chi connectivity index (χ3n) is 11.0. The molecular weight excluding hydrogens is 739 g/mol. The van der Waals surface area contributed by atoms with E-state index in [9.17, 15) is 19.5 Å². The van der Waals surface area contributed by atoms with E-state index in [1.54, 1.807) is 0 Å². The van der Waals surface area contributed by atoms with Gasteiger partial charge in [0.05, 0.1) is 34.4 Å². The second kappa shape index (κ2) is 42.2. The van der Waals surface area contributed by atoms with E-state index in [2.05, 4.69) is 50.3 Å². The Morgan fingerprint density at radius 3 is 1.32 bits per heavy atom. The molecule has 0 saturated heterocycles. The molecule has 8 nitrogen and oxygen atoms in total. The van der Waals surface area contributed by atoms with Crippen molar-refractivity contribution >= 4 is 17.9 Å². The molecule has 0 aliphatic heterocycles. The van der Waals surface area contributed by atoms with E-state index in [1.165, 1.54) is 128 Å². The lowest BCUT2D eigenvalue weighted by molar-refractivity contribution is -0.887. The Morgan fingerprint density at radius 1 is 0.508 bits per heavy atom. The summed E-state index contributed by atoms with van der Waals surface area (Å²) in [4.78, 5) is 37.1. The van der Waals surface area contributed by atoms with Gasteiger partial charge in [-0.25, -0.2) is 4.79 Å². The van der Waals surface area contributed by atoms with Gasteiger partial charge in [-0.3, -0.25) is 9.59 Å². The number of allylic oxidation sites excluding steroid dienone is 6. The van der Waals surface area contributed by atoms with Crippen LogP contribution in [0.4, 0.5) is 0 Å². The number of hydrogen-bond acceptors (Lipinski definition) is 6. The molecule has 0 spiro atoms. The monoisotopic (exact) mass is 833 g/mol. The number of aliphatic carboxylic acids is 1. The van der Waals surface area contributed by atoms with Gasteiger partial charge in [-0.05, 0) is 64.2 Å². The molecule has 0 aliphatic carbocycles. The van der Waals surface area contributed by atoms with E-state index < -0.39 is 18.1 Å². The first kappa shape index (κ1) is 56.5. The molecule has 0 aromatic heterocycles. The van der Waals surface area contributed by atoms with Crippen LogP contribution in [0.15, 0.2) is 36.5 Å². The minimum Gasteiger partial charge on any atom is -0.477 e. The largest absolute Gasteiger partial charge is 0.477 e. The van der Waals surface area contributed by atoms with Crippen molar-refractivity contribution in [2.24, 2.45) is 0 Å². The Morgan fingerprint density at radius 2 is 0.898 bits per heavy atom. The number of carbonyl (C=O) groups is 3. The predicted octanol–water partition coefficient (Wildman–Crippen LogP) is 13.8. The SMILES string of the molecule is CCCCCCCC/C=C/CCCCCCCCCC(=O)OCC(COCCC(C(=O)O)[N+](C)(C)C)OC(=O)CCCCCCC/C=C/C=C/CCCCCCCCC. The second-order valence-corrected chi connectivity index (χ2v) is 17.7. The van der Waals surface area contributed by atoms with Gasteiger partial charge in [-0.15, -0.1) is 0 Å². The number of esters is 2. The number of unbranched alkanes of at least 4 members (excludes halogenated alkanes) is 25. The molecule has 0 aromatic carbocycles. The summed E-state index contributed by atoms with van der Waals surface area (Å²) in [7, 11) is 5.53. The summed E-state index contributed by atoms with van der Waals surface area (Å²) in [6.07, 6.45) is 49.0. The molecule has 344 valence electrons. The molecule has 0 rings (SSSR count). The number of quaternary nitrogens is 1. The van der Waals surface area contributed by atoms with Crippen molar-refractivity contribution in [2.45, 2.75) is 231 Å². The van der Waals surface area contributed by atoms with Crippen LogP contribution < -0.4 is 0 Å². The van der Waals surface area contributed by atoms with Crippen LogP contribution >= 0.6 is 0 Å². The van der Waals surface area contributed by atoms with Crippen LogP contribution in [0.1, 0.15) is 219 Å². The van der Waals surface area contributed by atoms with Crippen LogP contribution in [0.5, 0.6) is 0 Å². The highest BCUT2D eigenvalue weighted by Crippen LogP contribution is 2.14. The molecule has 0 aliphatic rings. The van der Waals surface area contributed by atoms with E-state index in [4.69, 9.17) is 14.2 Å². The maximum atomic E-state index is 12.8. The summed E-state index contributed by atoms with van der Waals surface area (Å²) in [5.41, 5.74) is 0. The first-order valence-electron chi connectivity index (χ1n) is 24.5. The third-order valence-corrected chi connectivity index (χ3v) is 11.0. The Bertz CT molecular complexity index is 1060. The van der Waals surface area contributed by atoms with E-state index in [0.29, 0.717) is 19.3 Å². The zero-order valence-electron chi connectivity index (χ0n) is 39.2. The number of rotatable bonds is 44. The zero-order chi connectivity index (χ0) is 43.5. The fourth-order valence-electron chi connectivity index (χ4n) is 7.20. The van der Waals surface area contributed by atoms with E-state index in [0.717, 1.165) is 57.8 Å². The van der Waals surface area contributed by atoms with Gasteiger partial charge in [0, 0.05) is 19.3 Å². The highest BCUT2D eigenvalue weighted by atomic mass is 16.6. The van der Waals surface area contributed by atoms with Crippen LogP contribution in [0.3, 0.4) is 0 Å². The molecular formula is C51H94NO7+. The molecule has 2 unspecified atom stereocenters. The van der Waals surface area contributed by atoms with E-state index in [1.807, 2.05) is 21.1 Å². The van der Waals surface area contributed by atoms with Crippen molar-refractivity contribution in [3.8, 4) is 0 Å². The summed E-state index contributed by atoms with van der Waals surface area (Å²) in [5.74, 6) is -1.48. The van der Waals surface area contributed by atoms with Gasteiger partial charge < -0.3 is 23.8 Å². The van der Waals surface area contributed by atoms with Crippen LogP contribution in [0, 0.1) is 0 Å². The Labute approximate surface area is 364 Å². The van der Waals surface area contributed by atoms with Gasteiger partial charge in [-0.2, -0.15) is 0 Å². The average molecular weight is 833 g/mol. The van der Waals surface area contributed by atoms with E-state index >= 15 is 0 Å². The average Bonchev–Trinajstić information content (AvgIpc) is 3.19. The number of carboxylic acid groups (broad SMARTS) is 1. The zero-order valence-corrected chi connectivity index (χ0v) is 39.2. The van der Waals surface area contributed by atoms with Gasteiger partial charge in [0.2, 0.25) is 0 Å². The third kappa shape index (κ3) is 40.7. The van der Waals surface area contributed by atoms with Crippen molar-refractivity contribution in [1.82, 2.24) is 0 Å². The van der Waals surface area contributed by atoms with Crippen molar-refractivity contribution in [3.63, 3.8) is 0 Å². The number of nitrogens with zero attached hydrogens (tertiary/aromatic N) is 1. The molecule has 59 heavy (non-hydrogen) atoms. The van der Waals surface area contributed by atoms with Crippen molar-refractivity contribution < 1.29 is 38.2 Å². The fraction of sp³-hybridized carbons (Fsp3) is 0.824. The molecule has 1 N–H and O–H groups in total. The summed E-state index contributed by atoms with van der Waals surface area (Å²) in [6.45, 7) is 4.73. The molecule has 0 saturated carbocycles. The summed E-state index contributed by atoms with van der Waals surface area (Å²) >= 11 is 0. The van der Waals surface area contributed by atoms with Crippen molar-refractivity contribution in [2.75, 3.05) is 41.0 Å². The molecule has 8 heteroatoms. The maximum absolute atomic E-state index is 12.8. The molecule has 2 atom stereocenters. The Hall–Kier alpha value is -2.45. The van der Waals surface area contributed by atoms with Gasteiger partial charge >= 0.3 is 17.9 Å². The number of likely N-dealkylation sites (N-methyl/N-ethyl adjacent to an activating group) is 1. The van der Waals surface area contributed by atoms with E-state index in [-0.39, 0.29) is 36.2 Å². The van der Waals surface area contributed by atoms with Crippen LogP contribution in [0.2, 0.25) is 0 Å². The highest BCUT2D eigenvalue weighted by Gasteiger charge is 2.31. The molecule has 0 fully saturated rings. The number of carbonyl (C=O) groups excluding carboxylic acids is 2. The standard InChI is InChI=1S/C51H93NO7/c1-6-8-10-12-14-16-18-20-22-24-26-28-30-32-34-36-38-40-42-50(54)59-47(45-57-44-43-48(51(55)56)52(3,4)5)46-58-49(53)41-39-37-35-33-31-29-27-25-23-21-19-17-15-13-11-9-7-2/h21-24,26,28,47-48H,6-20,25,27,29-46H2,1-5H3/p+1/b23-21+,24-22+,28-26+. The number of hydrogen-bond donors (Lipinski definition) is 1. The topological polar surface area (TPSA) is 99.1 Å². The fourth-order valence-corrected chi connectivity index (χ4v) is 7.20. The maximum Gasteiger partial charge on any atom is 0.362 e. The van der Waals surface area contributed by atoms with Crippen LogP contribution in [0.25, 0.3) is 0 Å². The molecule has 0 bridgehead atoms. The molecule has 0 aromatic rings. The summed E-state index contributed by atoms with van der Waals surface area (Å²) in [6, 6.07) is -0.618. The second-order valence-electron chi connectivity index (χ2n) is 17.7. The van der Waals surface area contributed by atoms with Gasteiger partial charge in [0.1, 0.15) is 6.61 Å². The lowest BCUT2D eigenvalue weighted by Crippen LogP contribution is -2.50. The normalized spacial score (nSPS) is 13.2.